The summed E-state index contributed by atoms with van der Waals surface area (Å²) in [5.41, 5.74) is 1.39. The Morgan fingerprint density at radius 3 is 2.42 bits per heavy atom. The Hall–Kier alpha value is -2.66. The number of likely N-dealkylation sites (N-methyl/N-ethyl adjacent to an activating group) is 1. The Labute approximate surface area is 141 Å². The smallest absolute Gasteiger partial charge is 0.254 e. The van der Waals surface area contributed by atoms with Crippen molar-refractivity contribution >= 4 is 11.8 Å². The maximum absolute atomic E-state index is 12.6. The first kappa shape index (κ1) is 16.2. The third kappa shape index (κ3) is 3.46. The van der Waals surface area contributed by atoms with Crippen molar-refractivity contribution in [2.45, 2.75) is 12.1 Å². The first-order chi connectivity index (χ1) is 11.7. The molecule has 0 aliphatic carbocycles. The minimum atomic E-state index is -0.723. The van der Waals surface area contributed by atoms with Crippen LogP contribution in [-0.4, -0.2) is 43.0 Å². The van der Waals surface area contributed by atoms with Gasteiger partial charge in [0, 0.05) is 19.2 Å². The lowest BCUT2D eigenvalue weighted by molar-refractivity contribution is -0.153. The van der Waals surface area contributed by atoms with Crippen LogP contribution in [0.5, 0.6) is 0 Å². The van der Waals surface area contributed by atoms with E-state index in [9.17, 15) is 9.59 Å². The van der Waals surface area contributed by atoms with Crippen molar-refractivity contribution in [1.82, 2.24) is 10.2 Å². The molecule has 0 aromatic heterocycles. The highest BCUT2D eigenvalue weighted by molar-refractivity contribution is 5.95. The lowest BCUT2D eigenvalue weighted by Gasteiger charge is -2.34. The van der Waals surface area contributed by atoms with Gasteiger partial charge in [0.2, 0.25) is 0 Å². The van der Waals surface area contributed by atoms with Crippen molar-refractivity contribution in [2.75, 3.05) is 20.2 Å². The highest BCUT2D eigenvalue weighted by atomic mass is 16.5. The van der Waals surface area contributed by atoms with E-state index in [4.69, 9.17) is 4.74 Å². The molecule has 2 aromatic rings. The maximum atomic E-state index is 12.6. The predicted octanol–water partition coefficient (Wildman–Crippen LogP) is 2.01. The van der Waals surface area contributed by atoms with Gasteiger partial charge in [-0.15, -0.1) is 0 Å². The van der Waals surface area contributed by atoms with Gasteiger partial charge in [0.25, 0.3) is 11.8 Å². The van der Waals surface area contributed by atoms with E-state index in [1.165, 1.54) is 0 Å². The first-order valence-corrected chi connectivity index (χ1v) is 7.94. The summed E-state index contributed by atoms with van der Waals surface area (Å²) in [6.07, 6.45) is -0.723. The zero-order valence-electron chi connectivity index (χ0n) is 13.5. The fourth-order valence-electron chi connectivity index (χ4n) is 2.76. The molecule has 2 aromatic carbocycles. The lowest BCUT2D eigenvalue weighted by atomic mass is 9.99. The van der Waals surface area contributed by atoms with Gasteiger partial charge in [-0.3, -0.25) is 9.59 Å². The molecule has 1 N–H and O–H groups in total. The average molecular weight is 324 g/mol. The molecule has 0 radical (unpaired) electrons. The van der Waals surface area contributed by atoms with E-state index < -0.39 is 12.1 Å². The third-order valence-corrected chi connectivity index (χ3v) is 4.13. The molecule has 1 fully saturated rings. The number of morpholine rings is 1. The third-order valence-electron chi connectivity index (χ3n) is 4.13. The second-order valence-corrected chi connectivity index (χ2v) is 5.78. The summed E-state index contributed by atoms with van der Waals surface area (Å²) in [7, 11) is 1.75. The summed E-state index contributed by atoms with van der Waals surface area (Å²) < 4.78 is 5.71. The molecule has 124 valence electrons. The molecule has 24 heavy (non-hydrogen) atoms. The van der Waals surface area contributed by atoms with E-state index in [2.05, 4.69) is 5.32 Å². The Morgan fingerprint density at radius 1 is 1.12 bits per heavy atom. The van der Waals surface area contributed by atoms with Crippen LogP contribution in [0.15, 0.2) is 60.7 Å². The van der Waals surface area contributed by atoms with Crippen molar-refractivity contribution in [3.63, 3.8) is 0 Å². The van der Waals surface area contributed by atoms with Crippen LogP contribution in [0.4, 0.5) is 0 Å². The molecule has 5 heteroatoms. The van der Waals surface area contributed by atoms with Gasteiger partial charge < -0.3 is 15.0 Å². The van der Waals surface area contributed by atoms with Crippen LogP contribution in [0.1, 0.15) is 22.0 Å². The number of rotatable bonds is 4. The monoisotopic (exact) mass is 324 g/mol. The van der Waals surface area contributed by atoms with Gasteiger partial charge in [-0.25, -0.2) is 0 Å². The number of hydrogen-bond acceptors (Lipinski definition) is 3. The van der Waals surface area contributed by atoms with Crippen LogP contribution >= 0.6 is 0 Å². The number of nitrogens with one attached hydrogen (secondary N) is 1. The van der Waals surface area contributed by atoms with Gasteiger partial charge in [0.1, 0.15) is 0 Å². The van der Waals surface area contributed by atoms with Crippen molar-refractivity contribution in [3.8, 4) is 0 Å². The van der Waals surface area contributed by atoms with Gasteiger partial charge in [0.15, 0.2) is 6.10 Å². The van der Waals surface area contributed by atoms with Crippen LogP contribution < -0.4 is 5.32 Å². The summed E-state index contributed by atoms with van der Waals surface area (Å²) in [5.74, 6) is -0.349. The number of ether oxygens (including phenoxy) is 1. The van der Waals surface area contributed by atoms with E-state index in [-0.39, 0.29) is 11.8 Å². The molecule has 5 nitrogen and oxygen atoms in total. The normalized spacial score (nSPS) is 19.0. The van der Waals surface area contributed by atoms with Crippen LogP contribution in [0.3, 0.4) is 0 Å². The lowest BCUT2D eigenvalue weighted by Crippen LogP contribution is -2.52. The second kappa shape index (κ2) is 7.27. The minimum absolute atomic E-state index is 0.122. The van der Waals surface area contributed by atoms with Gasteiger partial charge in [0.05, 0.1) is 12.6 Å². The molecule has 2 amide bonds. The zero-order chi connectivity index (χ0) is 16.9. The standard InChI is InChI=1S/C19H20N2O3/c1-21-12-13-24-17(19(21)23)16(14-8-4-2-5-9-14)20-18(22)15-10-6-3-7-11-15/h2-11,16-17H,12-13H2,1H3,(H,20,22). The van der Waals surface area contributed by atoms with Gasteiger partial charge in [-0.2, -0.15) is 0 Å². The molecular formula is C19H20N2O3. The van der Waals surface area contributed by atoms with E-state index in [0.29, 0.717) is 18.7 Å². The number of carbonyl (C=O) groups is 2. The van der Waals surface area contributed by atoms with Crippen molar-refractivity contribution in [1.29, 1.82) is 0 Å². The van der Waals surface area contributed by atoms with Gasteiger partial charge in [-0.05, 0) is 17.7 Å². The fraction of sp³-hybridized carbons (Fsp3) is 0.263. The molecule has 2 atom stereocenters. The largest absolute Gasteiger partial charge is 0.364 e. The molecule has 1 aliphatic rings. The molecule has 3 rings (SSSR count). The molecule has 0 saturated carbocycles. The Bertz CT molecular complexity index is 703. The fourth-order valence-corrected chi connectivity index (χ4v) is 2.76. The Kier molecular flexibility index (Phi) is 4.91. The molecule has 1 saturated heterocycles. The number of nitrogens with zero attached hydrogens (tertiary/aromatic N) is 1. The average Bonchev–Trinajstić information content (AvgIpc) is 2.63. The van der Waals surface area contributed by atoms with E-state index in [1.807, 2.05) is 48.5 Å². The highest BCUT2D eigenvalue weighted by Crippen LogP contribution is 2.23. The number of amides is 2. The number of carbonyl (C=O) groups excluding carboxylic acids is 2. The molecule has 1 aliphatic heterocycles. The van der Waals surface area contributed by atoms with Crippen LogP contribution in [-0.2, 0) is 9.53 Å². The Balaban J connectivity index is 1.88. The number of hydrogen-bond donors (Lipinski definition) is 1. The minimum Gasteiger partial charge on any atom is -0.364 e. The topological polar surface area (TPSA) is 58.6 Å². The van der Waals surface area contributed by atoms with Gasteiger partial charge in [-0.1, -0.05) is 48.5 Å². The quantitative estimate of drug-likeness (QED) is 0.936. The second-order valence-electron chi connectivity index (χ2n) is 5.78. The van der Waals surface area contributed by atoms with Crippen molar-refractivity contribution in [2.24, 2.45) is 0 Å². The van der Waals surface area contributed by atoms with E-state index >= 15 is 0 Å². The number of benzene rings is 2. The highest BCUT2D eigenvalue weighted by Gasteiger charge is 2.36. The summed E-state index contributed by atoms with van der Waals surface area (Å²) in [6.45, 7) is 1.01. The van der Waals surface area contributed by atoms with Gasteiger partial charge >= 0.3 is 0 Å². The molecular weight excluding hydrogens is 304 g/mol. The molecule has 2 unspecified atom stereocenters. The predicted molar refractivity (Wildman–Crippen MR) is 90.5 cm³/mol. The van der Waals surface area contributed by atoms with Crippen LogP contribution in [0, 0.1) is 0 Å². The summed E-state index contributed by atoms with van der Waals surface area (Å²) in [5, 5.41) is 2.96. The Morgan fingerprint density at radius 2 is 1.75 bits per heavy atom. The van der Waals surface area contributed by atoms with Crippen molar-refractivity contribution < 1.29 is 14.3 Å². The summed E-state index contributed by atoms with van der Waals surface area (Å²) >= 11 is 0. The zero-order valence-corrected chi connectivity index (χ0v) is 13.5. The van der Waals surface area contributed by atoms with E-state index in [1.54, 1.807) is 24.1 Å². The van der Waals surface area contributed by atoms with Crippen molar-refractivity contribution in [3.05, 3.63) is 71.8 Å². The molecule has 1 heterocycles. The first-order valence-electron chi connectivity index (χ1n) is 7.94. The maximum Gasteiger partial charge on any atom is 0.254 e. The summed E-state index contributed by atoms with van der Waals surface area (Å²) in [4.78, 5) is 26.7. The SMILES string of the molecule is CN1CCOC(C(NC(=O)c2ccccc2)c2ccccc2)C1=O. The van der Waals surface area contributed by atoms with Crippen LogP contribution in [0.2, 0.25) is 0 Å². The summed E-state index contributed by atoms with van der Waals surface area (Å²) in [6, 6.07) is 17.9. The van der Waals surface area contributed by atoms with E-state index in [0.717, 1.165) is 5.56 Å². The molecule has 0 bridgehead atoms. The molecule has 0 spiro atoms. The van der Waals surface area contributed by atoms with Crippen LogP contribution in [0.25, 0.3) is 0 Å².